The predicted octanol–water partition coefficient (Wildman–Crippen LogP) is 3.32. The zero-order valence-electron chi connectivity index (χ0n) is 15.0. The highest BCUT2D eigenvalue weighted by Gasteiger charge is 2.35. The van der Waals surface area contributed by atoms with Gasteiger partial charge in [-0.25, -0.2) is 0 Å². The lowest BCUT2D eigenvalue weighted by Crippen LogP contribution is -2.45. The third-order valence-electron chi connectivity index (χ3n) is 4.80. The van der Waals surface area contributed by atoms with Gasteiger partial charge in [0, 0.05) is 12.6 Å². The first kappa shape index (κ1) is 21.2. The lowest BCUT2D eigenvalue weighted by molar-refractivity contribution is -0.129. The van der Waals surface area contributed by atoms with E-state index in [0.29, 0.717) is 23.7 Å². The van der Waals surface area contributed by atoms with E-state index in [0.717, 1.165) is 5.56 Å². The van der Waals surface area contributed by atoms with Crippen molar-refractivity contribution in [3.63, 3.8) is 0 Å². The molecule has 3 rings (SSSR count). The number of carbonyl (C=O) groups excluding carboxylic acids is 2. The minimum absolute atomic E-state index is 0. The fourth-order valence-corrected chi connectivity index (χ4v) is 3.39. The SMILES string of the molecule is CC(C(=O)NC1CCN(c2ccccc2Cl)C1=O)C(N)c1ccccc1.Cl. The van der Waals surface area contributed by atoms with Crippen molar-refractivity contribution in [2.75, 3.05) is 11.4 Å². The summed E-state index contributed by atoms with van der Waals surface area (Å²) in [4.78, 5) is 26.9. The maximum Gasteiger partial charge on any atom is 0.249 e. The number of rotatable bonds is 5. The second-order valence-corrected chi connectivity index (χ2v) is 6.92. The molecular weight excluding hydrogens is 385 g/mol. The van der Waals surface area contributed by atoms with Crippen LogP contribution in [0.1, 0.15) is 24.9 Å². The van der Waals surface area contributed by atoms with Gasteiger partial charge in [-0.1, -0.05) is 61.0 Å². The Balaban J connectivity index is 0.00000261. The smallest absolute Gasteiger partial charge is 0.249 e. The molecule has 0 bridgehead atoms. The van der Waals surface area contributed by atoms with Gasteiger partial charge in [-0.3, -0.25) is 9.59 Å². The Morgan fingerprint density at radius 2 is 1.81 bits per heavy atom. The molecule has 0 aromatic heterocycles. The standard InChI is InChI=1S/C20H22ClN3O2.ClH/c1-13(18(22)14-7-3-2-4-8-14)19(25)23-16-11-12-24(20(16)26)17-10-6-5-9-15(17)21;/h2-10,13,16,18H,11-12,22H2,1H3,(H,23,25);1H. The highest BCUT2D eigenvalue weighted by molar-refractivity contribution is 6.34. The van der Waals surface area contributed by atoms with E-state index in [4.69, 9.17) is 17.3 Å². The van der Waals surface area contributed by atoms with Crippen molar-refractivity contribution in [1.82, 2.24) is 5.32 Å². The zero-order valence-corrected chi connectivity index (χ0v) is 16.5. The van der Waals surface area contributed by atoms with Crippen molar-refractivity contribution in [1.29, 1.82) is 0 Å². The van der Waals surface area contributed by atoms with Gasteiger partial charge in [0.05, 0.1) is 16.6 Å². The van der Waals surface area contributed by atoms with Gasteiger partial charge < -0.3 is 16.0 Å². The van der Waals surface area contributed by atoms with Crippen LogP contribution in [0.4, 0.5) is 5.69 Å². The van der Waals surface area contributed by atoms with Gasteiger partial charge in [-0.15, -0.1) is 12.4 Å². The molecule has 1 heterocycles. The molecule has 0 spiro atoms. The number of anilines is 1. The molecular formula is C20H23Cl2N3O2. The highest BCUT2D eigenvalue weighted by Crippen LogP contribution is 2.29. The number of halogens is 2. The minimum Gasteiger partial charge on any atom is -0.344 e. The van der Waals surface area contributed by atoms with E-state index in [1.165, 1.54) is 0 Å². The fraction of sp³-hybridized carbons (Fsp3) is 0.300. The van der Waals surface area contributed by atoms with Crippen LogP contribution < -0.4 is 16.0 Å². The summed E-state index contributed by atoms with van der Waals surface area (Å²) in [5, 5.41) is 3.37. The molecule has 144 valence electrons. The first-order chi connectivity index (χ1) is 12.5. The van der Waals surface area contributed by atoms with Crippen molar-refractivity contribution in [3.8, 4) is 0 Å². The van der Waals surface area contributed by atoms with Gasteiger partial charge in [0.15, 0.2) is 0 Å². The van der Waals surface area contributed by atoms with Crippen LogP contribution in [0.15, 0.2) is 54.6 Å². The summed E-state index contributed by atoms with van der Waals surface area (Å²) in [6, 6.07) is 15.7. The largest absolute Gasteiger partial charge is 0.344 e. The third-order valence-corrected chi connectivity index (χ3v) is 5.12. The molecule has 1 fully saturated rings. The first-order valence-electron chi connectivity index (χ1n) is 8.66. The number of carbonyl (C=O) groups is 2. The molecule has 1 saturated heterocycles. The number of nitrogens with two attached hydrogens (primary N) is 1. The maximum absolute atomic E-state index is 12.7. The normalized spacial score (nSPS) is 18.6. The van der Waals surface area contributed by atoms with Gasteiger partial charge in [-0.2, -0.15) is 0 Å². The minimum atomic E-state index is -0.552. The molecule has 1 aliphatic heterocycles. The third kappa shape index (κ3) is 4.61. The van der Waals surface area contributed by atoms with E-state index >= 15 is 0 Å². The van der Waals surface area contributed by atoms with Crippen LogP contribution in [0.5, 0.6) is 0 Å². The van der Waals surface area contributed by atoms with Crippen molar-refractivity contribution in [2.24, 2.45) is 11.7 Å². The number of benzene rings is 2. The monoisotopic (exact) mass is 407 g/mol. The summed E-state index contributed by atoms with van der Waals surface area (Å²) in [6.45, 7) is 2.30. The summed E-state index contributed by atoms with van der Waals surface area (Å²) >= 11 is 6.19. The zero-order chi connectivity index (χ0) is 18.7. The van der Waals surface area contributed by atoms with E-state index < -0.39 is 18.0 Å². The summed E-state index contributed by atoms with van der Waals surface area (Å²) in [6.07, 6.45) is 0.545. The predicted molar refractivity (Wildman–Crippen MR) is 110 cm³/mol. The van der Waals surface area contributed by atoms with E-state index in [1.54, 1.807) is 24.0 Å². The van der Waals surface area contributed by atoms with Crippen molar-refractivity contribution in [2.45, 2.75) is 25.4 Å². The van der Waals surface area contributed by atoms with Gasteiger partial charge in [0.25, 0.3) is 0 Å². The summed E-state index contributed by atoms with van der Waals surface area (Å²) in [5.41, 5.74) is 7.78. The van der Waals surface area contributed by atoms with Gasteiger partial charge in [-0.05, 0) is 24.1 Å². The number of nitrogens with one attached hydrogen (secondary N) is 1. The van der Waals surface area contributed by atoms with Crippen molar-refractivity contribution >= 4 is 41.5 Å². The van der Waals surface area contributed by atoms with Gasteiger partial charge in [0.1, 0.15) is 6.04 Å². The quantitative estimate of drug-likeness (QED) is 0.797. The van der Waals surface area contributed by atoms with Gasteiger partial charge in [0.2, 0.25) is 11.8 Å². The van der Waals surface area contributed by atoms with E-state index in [2.05, 4.69) is 5.32 Å². The lowest BCUT2D eigenvalue weighted by Gasteiger charge is -2.22. The lowest BCUT2D eigenvalue weighted by atomic mass is 9.94. The van der Waals surface area contributed by atoms with Crippen LogP contribution >= 0.6 is 24.0 Å². The molecule has 27 heavy (non-hydrogen) atoms. The van der Waals surface area contributed by atoms with Crippen LogP contribution in [0.2, 0.25) is 5.02 Å². The Kier molecular flexibility index (Phi) is 7.25. The number of nitrogens with zero attached hydrogens (tertiary/aromatic N) is 1. The summed E-state index contributed by atoms with van der Waals surface area (Å²) < 4.78 is 0. The molecule has 2 aromatic rings. The first-order valence-corrected chi connectivity index (χ1v) is 9.03. The molecule has 2 amide bonds. The molecule has 3 unspecified atom stereocenters. The molecule has 3 N–H and O–H groups in total. The van der Waals surface area contributed by atoms with Crippen LogP contribution in [0.3, 0.4) is 0 Å². The number of hydrogen-bond donors (Lipinski definition) is 2. The van der Waals surface area contributed by atoms with Gasteiger partial charge >= 0.3 is 0 Å². The molecule has 7 heteroatoms. The summed E-state index contributed by atoms with van der Waals surface area (Å²) in [5.74, 6) is -0.813. The van der Waals surface area contributed by atoms with Crippen LogP contribution in [-0.4, -0.2) is 24.4 Å². The highest BCUT2D eigenvalue weighted by atomic mass is 35.5. The molecule has 3 atom stereocenters. The molecule has 0 saturated carbocycles. The van der Waals surface area contributed by atoms with E-state index in [-0.39, 0.29) is 24.2 Å². The van der Waals surface area contributed by atoms with Crippen LogP contribution in [0, 0.1) is 5.92 Å². The second-order valence-electron chi connectivity index (χ2n) is 6.52. The number of hydrogen-bond acceptors (Lipinski definition) is 3. The van der Waals surface area contributed by atoms with E-state index in [1.807, 2.05) is 42.5 Å². The Labute approximate surface area is 170 Å². The maximum atomic E-state index is 12.7. The van der Waals surface area contributed by atoms with Crippen molar-refractivity contribution in [3.05, 3.63) is 65.2 Å². The average Bonchev–Trinajstić information content (AvgIpc) is 3.02. The Hall–Kier alpha value is -2.08. The Bertz CT molecular complexity index is 801. The Morgan fingerprint density at radius 3 is 2.48 bits per heavy atom. The fourth-order valence-electron chi connectivity index (χ4n) is 3.15. The number of para-hydroxylation sites is 1. The molecule has 5 nitrogen and oxygen atoms in total. The number of amides is 2. The average molecular weight is 408 g/mol. The molecule has 1 aliphatic rings. The molecule has 0 radical (unpaired) electrons. The van der Waals surface area contributed by atoms with Crippen molar-refractivity contribution < 1.29 is 9.59 Å². The topological polar surface area (TPSA) is 75.4 Å². The molecule has 2 aromatic carbocycles. The molecule has 0 aliphatic carbocycles. The second kappa shape index (κ2) is 9.22. The Morgan fingerprint density at radius 1 is 1.19 bits per heavy atom. The van der Waals surface area contributed by atoms with E-state index in [9.17, 15) is 9.59 Å². The van der Waals surface area contributed by atoms with Crippen LogP contribution in [0.25, 0.3) is 0 Å². The van der Waals surface area contributed by atoms with Crippen LogP contribution in [-0.2, 0) is 9.59 Å². The summed E-state index contributed by atoms with van der Waals surface area (Å²) in [7, 11) is 0.